The number of anilines is 1. The minimum Gasteiger partial charge on any atom is -0.493 e. The molecule has 3 saturated heterocycles. The average Bonchev–Trinajstić information content (AvgIpc) is 2.39. The minimum atomic E-state index is 0.502. The molecule has 1 unspecified atom stereocenters. The number of nitrogens with one attached hydrogen (secondary N) is 1. The monoisotopic (exact) mass is 344 g/mol. The number of hydrogen-bond donors (Lipinski definition) is 1. The third kappa shape index (κ3) is 2.71. The molecule has 4 rings (SSSR count). The van der Waals surface area contributed by atoms with Gasteiger partial charge in [0.25, 0.3) is 0 Å². The normalized spacial score (nSPS) is 29.3. The summed E-state index contributed by atoms with van der Waals surface area (Å²) in [6, 6.07) is 4.31. The van der Waals surface area contributed by atoms with Gasteiger partial charge in [-0.3, -0.25) is 0 Å². The molecule has 19 heavy (non-hydrogen) atoms. The highest BCUT2D eigenvalue weighted by molar-refractivity contribution is 9.10. The van der Waals surface area contributed by atoms with E-state index in [4.69, 9.17) is 16.3 Å². The van der Waals surface area contributed by atoms with Crippen molar-refractivity contribution in [1.29, 1.82) is 0 Å². The fourth-order valence-electron chi connectivity index (χ4n) is 3.20. The second kappa shape index (κ2) is 5.51. The van der Waals surface area contributed by atoms with Crippen LogP contribution in [0.1, 0.15) is 12.8 Å². The third-order valence-corrected chi connectivity index (χ3v) is 5.02. The molecular weight excluding hydrogens is 328 g/mol. The molecular formula is C14H18BrClN2O. The molecule has 3 heterocycles. The van der Waals surface area contributed by atoms with Crippen molar-refractivity contribution in [3.63, 3.8) is 0 Å². The van der Waals surface area contributed by atoms with Gasteiger partial charge in [0.15, 0.2) is 5.75 Å². The molecule has 0 aliphatic carbocycles. The minimum absolute atomic E-state index is 0.502. The summed E-state index contributed by atoms with van der Waals surface area (Å²) >= 11 is 9.64. The van der Waals surface area contributed by atoms with Gasteiger partial charge in [0.1, 0.15) is 0 Å². The second-order valence-electron chi connectivity index (χ2n) is 5.36. The van der Waals surface area contributed by atoms with Gasteiger partial charge in [-0.1, -0.05) is 11.6 Å². The molecule has 0 saturated carbocycles. The maximum absolute atomic E-state index is 6.14. The zero-order chi connectivity index (χ0) is 13.4. The lowest BCUT2D eigenvalue weighted by atomic mass is 9.84. The molecule has 3 fully saturated rings. The number of benzene rings is 1. The van der Waals surface area contributed by atoms with Gasteiger partial charge >= 0.3 is 0 Å². The van der Waals surface area contributed by atoms with Crippen LogP contribution in [0.4, 0.5) is 5.69 Å². The number of ether oxygens (including phenoxy) is 1. The molecule has 3 aliphatic heterocycles. The van der Waals surface area contributed by atoms with E-state index in [1.165, 1.54) is 25.9 Å². The van der Waals surface area contributed by atoms with Crippen molar-refractivity contribution >= 4 is 33.2 Å². The van der Waals surface area contributed by atoms with E-state index in [2.05, 4.69) is 26.1 Å². The fraction of sp³-hybridized carbons (Fsp3) is 0.571. The molecule has 0 amide bonds. The smallest absolute Gasteiger partial charge is 0.156 e. The Morgan fingerprint density at radius 2 is 2.11 bits per heavy atom. The van der Waals surface area contributed by atoms with Crippen LogP contribution >= 0.6 is 27.5 Å². The SMILES string of the molecule is COc1c(Br)cc(Cl)cc1NC1CN2CCC1CC2. The molecule has 0 spiro atoms. The van der Waals surface area contributed by atoms with Crippen LogP contribution in [0.25, 0.3) is 0 Å². The summed E-state index contributed by atoms with van der Waals surface area (Å²) in [6.07, 6.45) is 2.59. The van der Waals surface area contributed by atoms with Crippen molar-refractivity contribution in [2.75, 3.05) is 32.1 Å². The Balaban J connectivity index is 1.83. The predicted molar refractivity (Wildman–Crippen MR) is 82.3 cm³/mol. The highest BCUT2D eigenvalue weighted by Gasteiger charge is 2.34. The van der Waals surface area contributed by atoms with Crippen molar-refractivity contribution in [1.82, 2.24) is 4.90 Å². The zero-order valence-electron chi connectivity index (χ0n) is 11.0. The molecule has 1 aromatic rings. The first-order valence-electron chi connectivity index (χ1n) is 6.69. The van der Waals surface area contributed by atoms with Crippen LogP contribution in [0, 0.1) is 5.92 Å². The lowest BCUT2D eigenvalue weighted by Gasteiger charge is -2.45. The molecule has 5 heteroatoms. The van der Waals surface area contributed by atoms with Crippen LogP contribution in [0.3, 0.4) is 0 Å². The van der Waals surface area contributed by atoms with Crippen molar-refractivity contribution in [3.05, 3.63) is 21.6 Å². The highest BCUT2D eigenvalue weighted by Crippen LogP contribution is 2.38. The molecule has 3 aliphatic rings. The van der Waals surface area contributed by atoms with Gasteiger partial charge in [-0.15, -0.1) is 0 Å². The van der Waals surface area contributed by atoms with E-state index in [1.54, 1.807) is 7.11 Å². The predicted octanol–water partition coefficient (Wildman–Crippen LogP) is 3.62. The van der Waals surface area contributed by atoms with Crippen molar-refractivity contribution in [2.45, 2.75) is 18.9 Å². The number of halogens is 2. The Kier molecular flexibility index (Phi) is 3.92. The Labute approximate surface area is 127 Å². The Bertz CT molecular complexity index is 475. The third-order valence-electron chi connectivity index (χ3n) is 4.21. The van der Waals surface area contributed by atoms with E-state index >= 15 is 0 Å². The topological polar surface area (TPSA) is 24.5 Å². The number of piperidine rings is 3. The van der Waals surface area contributed by atoms with Crippen LogP contribution < -0.4 is 10.1 Å². The molecule has 0 radical (unpaired) electrons. The molecule has 2 bridgehead atoms. The quantitative estimate of drug-likeness (QED) is 0.905. The summed E-state index contributed by atoms with van der Waals surface area (Å²) in [5.41, 5.74) is 0.987. The van der Waals surface area contributed by atoms with Crippen LogP contribution in [-0.4, -0.2) is 37.7 Å². The average molecular weight is 346 g/mol. The standard InChI is InChI=1S/C14H18BrClN2O/c1-19-14-11(15)6-10(16)7-12(14)17-13-8-18-4-2-9(13)3-5-18/h6-7,9,13,17H,2-5,8H2,1H3. The number of fused-ring (bicyclic) bond motifs is 3. The van der Waals surface area contributed by atoms with Crippen LogP contribution in [0.15, 0.2) is 16.6 Å². The van der Waals surface area contributed by atoms with Gasteiger partial charge in [-0.05, 0) is 59.9 Å². The van der Waals surface area contributed by atoms with Gasteiger partial charge in [-0.25, -0.2) is 0 Å². The first-order chi connectivity index (χ1) is 9.17. The van der Waals surface area contributed by atoms with E-state index in [9.17, 15) is 0 Å². The maximum atomic E-state index is 6.14. The molecule has 0 aromatic heterocycles. The molecule has 104 valence electrons. The molecule has 1 N–H and O–H groups in total. The summed E-state index contributed by atoms with van der Waals surface area (Å²) in [4.78, 5) is 2.53. The first kappa shape index (κ1) is 13.5. The summed E-state index contributed by atoms with van der Waals surface area (Å²) < 4.78 is 6.37. The molecule has 1 aromatic carbocycles. The fourth-order valence-corrected chi connectivity index (χ4v) is 4.18. The van der Waals surface area contributed by atoms with E-state index in [0.29, 0.717) is 6.04 Å². The Morgan fingerprint density at radius 3 is 2.68 bits per heavy atom. The molecule has 1 atom stereocenters. The second-order valence-corrected chi connectivity index (χ2v) is 6.65. The number of methoxy groups -OCH3 is 1. The number of hydrogen-bond acceptors (Lipinski definition) is 3. The highest BCUT2D eigenvalue weighted by atomic mass is 79.9. The summed E-state index contributed by atoms with van der Waals surface area (Å²) in [6.45, 7) is 3.62. The van der Waals surface area contributed by atoms with Gasteiger partial charge < -0.3 is 15.0 Å². The lowest BCUT2D eigenvalue weighted by Crippen LogP contribution is -2.53. The maximum Gasteiger partial charge on any atom is 0.156 e. The van der Waals surface area contributed by atoms with Crippen LogP contribution in [-0.2, 0) is 0 Å². The Hall–Kier alpha value is -0.450. The van der Waals surface area contributed by atoms with Gasteiger partial charge in [-0.2, -0.15) is 0 Å². The van der Waals surface area contributed by atoms with Crippen LogP contribution in [0.2, 0.25) is 5.02 Å². The summed E-state index contributed by atoms with van der Waals surface area (Å²) in [5.74, 6) is 1.60. The van der Waals surface area contributed by atoms with Gasteiger partial charge in [0, 0.05) is 17.6 Å². The zero-order valence-corrected chi connectivity index (χ0v) is 13.3. The van der Waals surface area contributed by atoms with Crippen LogP contribution in [0.5, 0.6) is 5.75 Å². The Morgan fingerprint density at radius 1 is 1.37 bits per heavy atom. The summed E-state index contributed by atoms with van der Waals surface area (Å²) in [5, 5.41) is 4.35. The van der Waals surface area contributed by atoms with Crippen molar-refractivity contribution in [2.24, 2.45) is 5.92 Å². The lowest BCUT2D eigenvalue weighted by molar-refractivity contribution is 0.0974. The van der Waals surface area contributed by atoms with Gasteiger partial charge in [0.05, 0.1) is 17.3 Å². The summed E-state index contributed by atoms with van der Waals surface area (Å²) in [7, 11) is 1.69. The van der Waals surface area contributed by atoms with E-state index < -0.39 is 0 Å². The number of nitrogens with zero attached hydrogens (tertiary/aromatic N) is 1. The van der Waals surface area contributed by atoms with E-state index in [1.807, 2.05) is 12.1 Å². The van der Waals surface area contributed by atoms with Gasteiger partial charge in [0.2, 0.25) is 0 Å². The van der Waals surface area contributed by atoms with E-state index in [0.717, 1.165) is 33.4 Å². The molecule has 3 nitrogen and oxygen atoms in total. The van der Waals surface area contributed by atoms with E-state index in [-0.39, 0.29) is 0 Å². The van der Waals surface area contributed by atoms with Crippen molar-refractivity contribution < 1.29 is 4.74 Å². The largest absolute Gasteiger partial charge is 0.493 e. The first-order valence-corrected chi connectivity index (χ1v) is 7.86. The number of rotatable bonds is 3. The van der Waals surface area contributed by atoms with Crippen molar-refractivity contribution in [3.8, 4) is 5.75 Å².